The molecule has 2 aromatic heterocycles. The highest BCUT2D eigenvalue weighted by Gasteiger charge is 2.51. The van der Waals surface area contributed by atoms with E-state index in [1.807, 2.05) is 11.6 Å². The first-order valence-electron chi connectivity index (χ1n) is 8.31. The lowest BCUT2D eigenvalue weighted by Gasteiger charge is -2.25. The molecular weight excluding hydrogens is 312 g/mol. The van der Waals surface area contributed by atoms with Crippen LogP contribution in [0.5, 0.6) is 0 Å². The summed E-state index contributed by atoms with van der Waals surface area (Å²) in [4.78, 5) is 6.92. The van der Waals surface area contributed by atoms with Crippen LogP contribution in [0.25, 0.3) is 0 Å². The van der Waals surface area contributed by atoms with Crippen molar-refractivity contribution in [3.8, 4) is 0 Å². The quantitative estimate of drug-likeness (QED) is 0.835. The predicted octanol–water partition coefficient (Wildman–Crippen LogP) is 2.09. The molecule has 0 radical (unpaired) electrons. The van der Waals surface area contributed by atoms with Crippen molar-refractivity contribution in [2.75, 3.05) is 26.3 Å². The van der Waals surface area contributed by atoms with E-state index in [9.17, 15) is 0 Å². The molecule has 1 saturated carbocycles. The Morgan fingerprint density at radius 2 is 2.30 bits per heavy atom. The minimum absolute atomic E-state index is 0.130. The highest BCUT2D eigenvalue weighted by atomic mass is 32.1. The molecule has 0 bridgehead atoms. The van der Waals surface area contributed by atoms with E-state index in [0.29, 0.717) is 11.8 Å². The van der Waals surface area contributed by atoms with Crippen LogP contribution in [0.2, 0.25) is 0 Å². The molecular formula is C16H20N4O2S. The van der Waals surface area contributed by atoms with Gasteiger partial charge < -0.3 is 9.15 Å². The number of ether oxygens (including phenoxy) is 1. The first kappa shape index (κ1) is 14.1. The molecule has 2 aliphatic heterocycles. The molecule has 0 unspecified atom stereocenters. The van der Waals surface area contributed by atoms with Crippen LogP contribution in [0.15, 0.2) is 16.0 Å². The van der Waals surface area contributed by atoms with Gasteiger partial charge in [0.2, 0.25) is 11.8 Å². The van der Waals surface area contributed by atoms with Gasteiger partial charge in [-0.25, -0.2) is 4.98 Å². The normalized spacial score (nSPS) is 30.9. The van der Waals surface area contributed by atoms with Gasteiger partial charge in [-0.3, -0.25) is 4.90 Å². The van der Waals surface area contributed by atoms with E-state index in [1.54, 1.807) is 11.3 Å². The van der Waals surface area contributed by atoms with E-state index in [4.69, 9.17) is 9.15 Å². The summed E-state index contributed by atoms with van der Waals surface area (Å²) in [6, 6.07) is 0. The van der Waals surface area contributed by atoms with Crippen molar-refractivity contribution >= 4 is 11.3 Å². The lowest BCUT2D eigenvalue weighted by Crippen LogP contribution is -2.33. The minimum atomic E-state index is 0.130. The zero-order valence-corrected chi connectivity index (χ0v) is 13.8. The number of fused-ring (bicyclic) bond motifs is 1. The summed E-state index contributed by atoms with van der Waals surface area (Å²) in [7, 11) is 0. The number of rotatable bonds is 5. The average Bonchev–Trinajstić information content (AvgIpc) is 2.92. The fourth-order valence-corrected chi connectivity index (χ4v) is 4.63. The molecule has 0 amide bonds. The zero-order chi connectivity index (χ0) is 15.3. The summed E-state index contributed by atoms with van der Waals surface area (Å²) in [5.41, 5.74) is 0.130. The van der Waals surface area contributed by atoms with Gasteiger partial charge in [-0.1, -0.05) is 0 Å². The number of likely N-dealkylation sites (tertiary alicyclic amines) is 1. The highest BCUT2D eigenvalue weighted by molar-refractivity contribution is 7.09. The van der Waals surface area contributed by atoms with E-state index >= 15 is 0 Å². The summed E-state index contributed by atoms with van der Waals surface area (Å²) in [6.45, 7) is 4.68. The third-order valence-corrected chi connectivity index (χ3v) is 6.11. The summed E-state index contributed by atoms with van der Waals surface area (Å²) in [5.74, 6) is 2.70. The molecule has 122 valence electrons. The maximum atomic E-state index is 5.91. The molecule has 0 spiro atoms. The first-order chi connectivity index (χ1) is 11.3. The standard InChI is InChI=1S/C16H20N4O2S/c1-2-11(1)15-19-18-13(22-15)5-16-9-20(6-12(16)8-21-10-16)7-14-17-3-4-23-14/h3-4,11-12H,1-2,5-10H2/t12-,16+/m1/s1. The molecule has 3 aliphatic rings. The van der Waals surface area contributed by atoms with E-state index < -0.39 is 0 Å². The minimum Gasteiger partial charge on any atom is -0.425 e. The Labute approximate surface area is 138 Å². The molecule has 0 N–H and O–H groups in total. The van der Waals surface area contributed by atoms with Gasteiger partial charge in [0.15, 0.2) is 0 Å². The van der Waals surface area contributed by atoms with E-state index in [0.717, 1.165) is 51.1 Å². The molecule has 3 fully saturated rings. The lowest BCUT2D eigenvalue weighted by molar-refractivity contribution is 0.123. The lowest BCUT2D eigenvalue weighted by atomic mass is 9.78. The second-order valence-corrected chi connectivity index (χ2v) is 8.13. The summed E-state index contributed by atoms with van der Waals surface area (Å²) < 4.78 is 11.7. The van der Waals surface area contributed by atoms with E-state index in [1.165, 1.54) is 17.8 Å². The second-order valence-electron chi connectivity index (χ2n) is 7.15. The van der Waals surface area contributed by atoms with Crippen molar-refractivity contribution in [1.29, 1.82) is 0 Å². The highest BCUT2D eigenvalue weighted by Crippen LogP contribution is 2.45. The molecule has 23 heavy (non-hydrogen) atoms. The number of aromatic nitrogens is 3. The van der Waals surface area contributed by atoms with Crippen LogP contribution in [-0.2, 0) is 17.7 Å². The third-order valence-electron chi connectivity index (χ3n) is 5.35. The number of hydrogen-bond acceptors (Lipinski definition) is 7. The van der Waals surface area contributed by atoms with Crippen LogP contribution in [0, 0.1) is 11.3 Å². The largest absolute Gasteiger partial charge is 0.425 e. The fraction of sp³-hybridized carbons (Fsp3) is 0.688. The molecule has 0 aromatic carbocycles. The third kappa shape index (κ3) is 2.60. The molecule has 4 heterocycles. The topological polar surface area (TPSA) is 64.3 Å². The number of thiazole rings is 1. The van der Waals surface area contributed by atoms with Gasteiger partial charge in [0.05, 0.1) is 19.8 Å². The zero-order valence-electron chi connectivity index (χ0n) is 13.0. The average molecular weight is 332 g/mol. The SMILES string of the molecule is c1csc(CN2C[C@@H]3COC[C@]3(Cc3nnc(C4CC4)o3)C2)n1. The Morgan fingerprint density at radius 1 is 1.35 bits per heavy atom. The van der Waals surface area contributed by atoms with Crippen molar-refractivity contribution in [2.24, 2.45) is 11.3 Å². The molecule has 1 aliphatic carbocycles. The first-order valence-corrected chi connectivity index (χ1v) is 9.19. The predicted molar refractivity (Wildman–Crippen MR) is 84.1 cm³/mol. The van der Waals surface area contributed by atoms with Crippen molar-refractivity contribution in [3.05, 3.63) is 28.4 Å². The van der Waals surface area contributed by atoms with Gasteiger partial charge in [-0.2, -0.15) is 0 Å². The maximum Gasteiger partial charge on any atom is 0.219 e. The summed E-state index contributed by atoms with van der Waals surface area (Å²) in [6.07, 6.45) is 5.11. The van der Waals surface area contributed by atoms with Gasteiger partial charge in [-0.15, -0.1) is 21.5 Å². The summed E-state index contributed by atoms with van der Waals surface area (Å²) in [5, 5.41) is 11.8. The summed E-state index contributed by atoms with van der Waals surface area (Å²) >= 11 is 1.73. The van der Waals surface area contributed by atoms with E-state index in [-0.39, 0.29) is 5.41 Å². The Kier molecular flexibility index (Phi) is 3.28. The molecule has 6 nitrogen and oxygen atoms in total. The van der Waals surface area contributed by atoms with Crippen molar-refractivity contribution < 1.29 is 9.15 Å². The molecule has 5 rings (SSSR count). The monoisotopic (exact) mass is 332 g/mol. The van der Waals surface area contributed by atoms with Gasteiger partial charge in [-0.05, 0) is 12.8 Å². The Hall–Kier alpha value is -1.31. The van der Waals surface area contributed by atoms with E-state index in [2.05, 4.69) is 20.1 Å². The Bertz CT molecular complexity index is 684. The van der Waals surface area contributed by atoms with Crippen LogP contribution < -0.4 is 0 Å². The van der Waals surface area contributed by atoms with Gasteiger partial charge in [0, 0.05) is 48.3 Å². The van der Waals surface area contributed by atoms with Crippen LogP contribution in [0.4, 0.5) is 0 Å². The van der Waals surface area contributed by atoms with Crippen LogP contribution in [0.3, 0.4) is 0 Å². The van der Waals surface area contributed by atoms with Crippen molar-refractivity contribution in [1.82, 2.24) is 20.1 Å². The fourth-order valence-electron chi connectivity index (χ4n) is 3.97. The van der Waals surface area contributed by atoms with Crippen molar-refractivity contribution in [3.63, 3.8) is 0 Å². The molecule has 2 aromatic rings. The number of hydrogen-bond donors (Lipinski definition) is 0. The molecule has 2 saturated heterocycles. The molecule has 2 atom stereocenters. The molecule has 7 heteroatoms. The Balaban J connectivity index is 1.32. The van der Waals surface area contributed by atoms with Crippen LogP contribution in [0.1, 0.15) is 35.5 Å². The Morgan fingerprint density at radius 3 is 3.13 bits per heavy atom. The van der Waals surface area contributed by atoms with Crippen LogP contribution in [-0.4, -0.2) is 46.4 Å². The maximum absolute atomic E-state index is 5.91. The van der Waals surface area contributed by atoms with Crippen molar-refractivity contribution in [2.45, 2.75) is 31.7 Å². The van der Waals surface area contributed by atoms with Gasteiger partial charge >= 0.3 is 0 Å². The van der Waals surface area contributed by atoms with Gasteiger partial charge in [0.25, 0.3) is 0 Å². The van der Waals surface area contributed by atoms with Crippen LogP contribution >= 0.6 is 11.3 Å². The smallest absolute Gasteiger partial charge is 0.219 e. The van der Waals surface area contributed by atoms with Gasteiger partial charge in [0.1, 0.15) is 5.01 Å². The number of nitrogens with zero attached hydrogens (tertiary/aromatic N) is 4. The second kappa shape index (κ2) is 5.36.